The van der Waals surface area contributed by atoms with Crippen LogP contribution in [0.5, 0.6) is 0 Å². The molecule has 1 aromatic rings. The molecule has 0 unspecified atom stereocenters. The summed E-state index contributed by atoms with van der Waals surface area (Å²) in [5.74, 6) is -0.454. The summed E-state index contributed by atoms with van der Waals surface area (Å²) >= 11 is 0. The van der Waals surface area contributed by atoms with Crippen molar-refractivity contribution in [3.8, 4) is 0 Å². The zero-order valence-corrected chi connectivity index (χ0v) is 11.3. The van der Waals surface area contributed by atoms with Crippen LogP contribution >= 0.6 is 0 Å². The Morgan fingerprint density at radius 3 is 2.84 bits per heavy atom. The van der Waals surface area contributed by atoms with Crippen molar-refractivity contribution in [3.63, 3.8) is 0 Å². The van der Waals surface area contributed by atoms with Gasteiger partial charge in [-0.15, -0.1) is 0 Å². The summed E-state index contributed by atoms with van der Waals surface area (Å²) in [5.41, 5.74) is 6.97. The third-order valence-corrected chi connectivity index (χ3v) is 4.19. The highest BCUT2D eigenvalue weighted by Gasteiger charge is 2.37. The molecule has 0 bridgehead atoms. The fraction of sp³-hybridized carbons (Fsp3) is 0.692. The lowest BCUT2D eigenvalue weighted by Gasteiger charge is -2.38. The Morgan fingerprint density at radius 2 is 2.16 bits per heavy atom. The zero-order chi connectivity index (χ0) is 13.5. The van der Waals surface area contributed by atoms with E-state index in [1.807, 2.05) is 10.7 Å². The standard InChI is InChI=1S/C13H20N4O2/c1-16-7-10-6-11(12(14)18)15-17(10)9-13(8-16)2-4-19-5-3-13/h6H,2-5,7-9H2,1H3,(H2,14,18). The minimum atomic E-state index is -0.454. The molecule has 3 heterocycles. The summed E-state index contributed by atoms with van der Waals surface area (Å²) in [5, 5.41) is 4.37. The van der Waals surface area contributed by atoms with Gasteiger partial charge >= 0.3 is 0 Å². The SMILES string of the molecule is CN1Cc2cc(C(N)=O)nn2CC2(CCOCC2)C1. The Morgan fingerprint density at radius 1 is 1.42 bits per heavy atom. The number of hydrogen-bond acceptors (Lipinski definition) is 4. The van der Waals surface area contributed by atoms with E-state index in [-0.39, 0.29) is 5.41 Å². The Balaban J connectivity index is 1.94. The van der Waals surface area contributed by atoms with Gasteiger partial charge < -0.3 is 10.5 Å². The average Bonchev–Trinajstić information content (AvgIpc) is 2.68. The van der Waals surface area contributed by atoms with Gasteiger partial charge in [-0.05, 0) is 26.0 Å². The van der Waals surface area contributed by atoms with Crippen molar-refractivity contribution >= 4 is 5.91 Å². The van der Waals surface area contributed by atoms with Crippen LogP contribution in [0.2, 0.25) is 0 Å². The van der Waals surface area contributed by atoms with Gasteiger partial charge in [0.25, 0.3) is 5.91 Å². The van der Waals surface area contributed by atoms with Crippen LogP contribution in [0.25, 0.3) is 0 Å². The van der Waals surface area contributed by atoms with Crippen LogP contribution in [0.1, 0.15) is 29.0 Å². The first-order valence-electron chi connectivity index (χ1n) is 6.71. The first-order valence-corrected chi connectivity index (χ1v) is 6.71. The monoisotopic (exact) mass is 264 g/mol. The van der Waals surface area contributed by atoms with Crippen LogP contribution < -0.4 is 5.73 Å². The molecule has 2 aliphatic heterocycles. The smallest absolute Gasteiger partial charge is 0.269 e. The lowest BCUT2D eigenvalue weighted by atomic mass is 9.80. The molecule has 1 aromatic heterocycles. The molecule has 0 saturated carbocycles. The molecule has 0 aromatic carbocycles. The van der Waals surface area contributed by atoms with Gasteiger partial charge in [-0.3, -0.25) is 14.4 Å². The molecule has 1 saturated heterocycles. The predicted molar refractivity (Wildman–Crippen MR) is 69.6 cm³/mol. The lowest BCUT2D eigenvalue weighted by Crippen LogP contribution is -2.40. The Kier molecular flexibility index (Phi) is 3.06. The number of hydrogen-bond donors (Lipinski definition) is 1. The minimum Gasteiger partial charge on any atom is -0.381 e. The van der Waals surface area contributed by atoms with E-state index in [1.165, 1.54) is 0 Å². The molecule has 19 heavy (non-hydrogen) atoms. The zero-order valence-electron chi connectivity index (χ0n) is 11.3. The Bertz CT molecular complexity index is 491. The van der Waals surface area contributed by atoms with Gasteiger partial charge in [0, 0.05) is 38.3 Å². The molecule has 2 aliphatic rings. The normalized spacial score (nSPS) is 23.0. The summed E-state index contributed by atoms with van der Waals surface area (Å²) in [6, 6.07) is 1.82. The van der Waals surface area contributed by atoms with Crippen molar-refractivity contribution in [2.45, 2.75) is 25.9 Å². The van der Waals surface area contributed by atoms with E-state index in [4.69, 9.17) is 10.5 Å². The maximum absolute atomic E-state index is 11.3. The fourth-order valence-electron chi connectivity index (χ4n) is 3.23. The van der Waals surface area contributed by atoms with Crippen molar-refractivity contribution in [2.24, 2.45) is 11.1 Å². The maximum atomic E-state index is 11.3. The topological polar surface area (TPSA) is 73.4 Å². The first-order chi connectivity index (χ1) is 9.08. The summed E-state index contributed by atoms with van der Waals surface area (Å²) < 4.78 is 7.45. The molecule has 3 rings (SSSR count). The number of amides is 1. The summed E-state index contributed by atoms with van der Waals surface area (Å²) in [7, 11) is 2.11. The van der Waals surface area contributed by atoms with Gasteiger partial charge in [0.15, 0.2) is 0 Å². The second-order valence-electron chi connectivity index (χ2n) is 5.83. The van der Waals surface area contributed by atoms with Crippen LogP contribution in [0.15, 0.2) is 6.07 Å². The van der Waals surface area contributed by atoms with Gasteiger partial charge in [0.1, 0.15) is 5.69 Å². The average molecular weight is 264 g/mol. The molecule has 6 heteroatoms. The maximum Gasteiger partial charge on any atom is 0.269 e. The van der Waals surface area contributed by atoms with E-state index in [0.717, 1.165) is 51.4 Å². The molecule has 1 spiro atoms. The Hall–Kier alpha value is -1.40. The number of fused-ring (bicyclic) bond motifs is 1. The van der Waals surface area contributed by atoms with E-state index in [0.29, 0.717) is 5.69 Å². The molecule has 0 radical (unpaired) electrons. The molecular weight excluding hydrogens is 244 g/mol. The first kappa shape index (κ1) is 12.6. The van der Waals surface area contributed by atoms with Crippen LogP contribution in [0.3, 0.4) is 0 Å². The number of carbonyl (C=O) groups is 1. The number of primary amides is 1. The highest BCUT2D eigenvalue weighted by atomic mass is 16.5. The highest BCUT2D eigenvalue weighted by Crippen LogP contribution is 2.35. The molecule has 0 aliphatic carbocycles. The molecule has 104 valence electrons. The number of nitrogens with zero attached hydrogens (tertiary/aromatic N) is 3. The fourth-order valence-corrected chi connectivity index (χ4v) is 3.23. The van der Waals surface area contributed by atoms with E-state index in [1.54, 1.807) is 0 Å². The van der Waals surface area contributed by atoms with E-state index in [9.17, 15) is 4.79 Å². The van der Waals surface area contributed by atoms with Crippen molar-refractivity contribution in [2.75, 3.05) is 26.8 Å². The van der Waals surface area contributed by atoms with Crippen LogP contribution in [0, 0.1) is 5.41 Å². The second kappa shape index (κ2) is 4.61. The van der Waals surface area contributed by atoms with Gasteiger partial charge in [-0.2, -0.15) is 5.10 Å². The quantitative estimate of drug-likeness (QED) is 0.787. The van der Waals surface area contributed by atoms with Crippen LogP contribution in [0.4, 0.5) is 0 Å². The van der Waals surface area contributed by atoms with E-state index < -0.39 is 5.91 Å². The minimum absolute atomic E-state index is 0.208. The molecular formula is C13H20N4O2. The number of carbonyl (C=O) groups excluding carboxylic acids is 1. The van der Waals surface area contributed by atoms with Crippen LogP contribution in [-0.4, -0.2) is 47.4 Å². The molecule has 1 fully saturated rings. The van der Waals surface area contributed by atoms with Crippen molar-refractivity contribution in [3.05, 3.63) is 17.5 Å². The largest absolute Gasteiger partial charge is 0.381 e. The lowest BCUT2D eigenvalue weighted by molar-refractivity contribution is -0.00749. The van der Waals surface area contributed by atoms with E-state index in [2.05, 4.69) is 17.0 Å². The number of aromatic nitrogens is 2. The molecule has 2 N–H and O–H groups in total. The van der Waals surface area contributed by atoms with Crippen molar-refractivity contribution in [1.29, 1.82) is 0 Å². The van der Waals surface area contributed by atoms with E-state index >= 15 is 0 Å². The van der Waals surface area contributed by atoms with Gasteiger partial charge in [0.2, 0.25) is 0 Å². The summed E-state index contributed by atoms with van der Waals surface area (Å²) in [6.45, 7) is 4.33. The van der Waals surface area contributed by atoms with Crippen LogP contribution in [-0.2, 0) is 17.8 Å². The number of ether oxygens (including phenoxy) is 1. The van der Waals surface area contributed by atoms with Crippen molar-refractivity contribution < 1.29 is 9.53 Å². The van der Waals surface area contributed by atoms with Gasteiger partial charge in [0.05, 0.1) is 5.69 Å². The Labute approximate surface area is 112 Å². The number of nitrogens with two attached hydrogens (primary N) is 1. The van der Waals surface area contributed by atoms with Crippen molar-refractivity contribution in [1.82, 2.24) is 14.7 Å². The van der Waals surface area contributed by atoms with Gasteiger partial charge in [-0.25, -0.2) is 0 Å². The molecule has 0 atom stereocenters. The molecule has 6 nitrogen and oxygen atoms in total. The van der Waals surface area contributed by atoms with Gasteiger partial charge in [-0.1, -0.05) is 0 Å². The summed E-state index contributed by atoms with van der Waals surface area (Å²) in [6.07, 6.45) is 2.09. The summed E-state index contributed by atoms with van der Waals surface area (Å²) in [4.78, 5) is 13.6. The number of rotatable bonds is 1. The second-order valence-corrected chi connectivity index (χ2v) is 5.83. The third-order valence-electron chi connectivity index (χ3n) is 4.19. The molecule has 1 amide bonds. The highest BCUT2D eigenvalue weighted by molar-refractivity contribution is 5.90. The third kappa shape index (κ3) is 2.37. The predicted octanol–water partition coefficient (Wildman–Crippen LogP) is 0.224.